The fraction of sp³-hybridized carbons (Fsp3) is 0.500. The van der Waals surface area contributed by atoms with Gasteiger partial charge in [0, 0.05) is 12.5 Å². The first-order valence-electron chi connectivity index (χ1n) is 5.72. The molecule has 2 nitrogen and oxygen atoms in total. The van der Waals surface area contributed by atoms with Crippen molar-refractivity contribution in [2.45, 2.75) is 39.7 Å². The van der Waals surface area contributed by atoms with Gasteiger partial charge in [0.15, 0.2) is 0 Å². The minimum atomic E-state index is 0.292. The summed E-state index contributed by atoms with van der Waals surface area (Å²) < 4.78 is 0. The van der Waals surface area contributed by atoms with Crippen LogP contribution in [0.4, 0.5) is 0 Å². The van der Waals surface area contributed by atoms with Crippen LogP contribution in [0.2, 0.25) is 0 Å². The average Bonchev–Trinajstić information content (AvgIpc) is 2.21. The molecule has 1 N–H and O–H groups in total. The van der Waals surface area contributed by atoms with Gasteiger partial charge >= 0.3 is 0 Å². The van der Waals surface area contributed by atoms with Crippen molar-refractivity contribution in [3.8, 4) is 6.07 Å². The molecule has 0 aromatic heterocycles. The highest BCUT2D eigenvalue weighted by Crippen LogP contribution is 2.26. The molecule has 1 rings (SSSR count). The largest absolute Gasteiger partial charge is 0.313 e. The molecule has 0 saturated heterocycles. The minimum absolute atomic E-state index is 0.292. The molecular formula is C14H20N2. The first kappa shape index (κ1) is 12.7. The summed E-state index contributed by atoms with van der Waals surface area (Å²) >= 11 is 0. The number of nitriles is 1. The van der Waals surface area contributed by atoms with Crippen LogP contribution in [0.3, 0.4) is 0 Å². The Morgan fingerprint density at radius 3 is 2.25 bits per heavy atom. The third-order valence-corrected chi connectivity index (χ3v) is 2.98. The van der Waals surface area contributed by atoms with Gasteiger partial charge in [-0.15, -0.1) is 0 Å². The molecule has 0 aliphatic rings. The molecule has 0 spiro atoms. The first-order valence-corrected chi connectivity index (χ1v) is 5.72. The topological polar surface area (TPSA) is 35.8 Å². The lowest BCUT2D eigenvalue weighted by atomic mass is 9.92. The Hall–Kier alpha value is -1.33. The van der Waals surface area contributed by atoms with Gasteiger partial charge in [-0.3, -0.25) is 0 Å². The Morgan fingerprint density at radius 2 is 1.81 bits per heavy atom. The van der Waals surface area contributed by atoms with Crippen molar-refractivity contribution >= 4 is 0 Å². The average molecular weight is 216 g/mol. The molecule has 2 heteroatoms. The normalized spacial score (nSPS) is 12.2. The summed E-state index contributed by atoms with van der Waals surface area (Å²) in [6.45, 7) is 6.41. The molecule has 1 atom stereocenters. The van der Waals surface area contributed by atoms with Crippen LogP contribution in [-0.4, -0.2) is 7.05 Å². The molecule has 16 heavy (non-hydrogen) atoms. The van der Waals surface area contributed by atoms with Gasteiger partial charge in [0.1, 0.15) is 0 Å². The second-order valence-corrected chi connectivity index (χ2v) is 4.35. The van der Waals surface area contributed by atoms with Crippen LogP contribution < -0.4 is 5.32 Å². The van der Waals surface area contributed by atoms with Gasteiger partial charge in [-0.25, -0.2) is 0 Å². The third kappa shape index (κ3) is 2.84. The Balaban J connectivity index is 3.05. The smallest absolute Gasteiger partial charge is 0.0622 e. The van der Waals surface area contributed by atoms with Crippen molar-refractivity contribution in [3.05, 3.63) is 34.4 Å². The van der Waals surface area contributed by atoms with Gasteiger partial charge in [0.05, 0.1) is 6.07 Å². The Kier molecular flexibility index (Phi) is 4.52. The number of benzene rings is 1. The summed E-state index contributed by atoms with van der Waals surface area (Å²) in [6.07, 6.45) is 1.47. The van der Waals surface area contributed by atoms with Crippen LogP contribution in [0.5, 0.6) is 0 Å². The van der Waals surface area contributed by atoms with Crippen LogP contribution in [0.25, 0.3) is 0 Å². The maximum absolute atomic E-state index is 8.66. The number of aryl methyl sites for hydroxylation is 3. The lowest BCUT2D eigenvalue weighted by molar-refractivity contribution is 0.551. The van der Waals surface area contributed by atoms with Gasteiger partial charge in [-0.05, 0) is 50.9 Å². The predicted molar refractivity (Wildman–Crippen MR) is 67.3 cm³/mol. The summed E-state index contributed by atoms with van der Waals surface area (Å²) in [4.78, 5) is 0. The van der Waals surface area contributed by atoms with E-state index in [0.29, 0.717) is 12.5 Å². The molecule has 0 radical (unpaired) electrons. The number of rotatable bonds is 4. The van der Waals surface area contributed by atoms with Crippen molar-refractivity contribution < 1.29 is 0 Å². The maximum Gasteiger partial charge on any atom is 0.0622 e. The third-order valence-electron chi connectivity index (χ3n) is 2.98. The van der Waals surface area contributed by atoms with Crippen molar-refractivity contribution in [3.63, 3.8) is 0 Å². The molecule has 0 aliphatic carbocycles. The summed E-state index contributed by atoms with van der Waals surface area (Å²) in [5, 5.41) is 12.0. The lowest BCUT2D eigenvalue weighted by Crippen LogP contribution is -2.18. The van der Waals surface area contributed by atoms with Gasteiger partial charge < -0.3 is 5.32 Å². The van der Waals surface area contributed by atoms with E-state index in [9.17, 15) is 0 Å². The second-order valence-electron chi connectivity index (χ2n) is 4.35. The Labute approximate surface area is 98.3 Å². The van der Waals surface area contributed by atoms with E-state index < -0.39 is 0 Å². The fourth-order valence-corrected chi connectivity index (χ4v) is 2.38. The molecule has 0 bridgehead atoms. The molecule has 0 fully saturated rings. The van der Waals surface area contributed by atoms with Gasteiger partial charge in [-0.1, -0.05) is 17.7 Å². The molecule has 0 aliphatic heterocycles. The van der Waals surface area contributed by atoms with E-state index in [0.717, 1.165) is 6.42 Å². The van der Waals surface area contributed by atoms with E-state index in [4.69, 9.17) is 5.26 Å². The monoisotopic (exact) mass is 216 g/mol. The molecule has 1 unspecified atom stereocenters. The van der Waals surface area contributed by atoms with E-state index in [1.165, 1.54) is 22.3 Å². The van der Waals surface area contributed by atoms with Crippen LogP contribution >= 0.6 is 0 Å². The van der Waals surface area contributed by atoms with Crippen LogP contribution in [-0.2, 0) is 0 Å². The standard InChI is InChI=1S/C14H20N2/c1-10-8-11(2)14(12(3)9-10)13(16-4)6-5-7-15/h8-9,13,16H,5-6H2,1-4H3. The SMILES string of the molecule is CNC(CCC#N)c1c(C)cc(C)cc1C. The van der Waals surface area contributed by atoms with Crippen molar-refractivity contribution in [2.24, 2.45) is 0 Å². The van der Waals surface area contributed by atoms with Crippen molar-refractivity contribution in [2.75, 3.05) is 7.05 Å². The van der Waals surface area contributed by atoms with Crippen molar-refractivity contribution in [1.82, 2.24) is 5.32 Å². The van der Waals surface area contributed by atoms with E-state index in [1.807, 2.05) is 7.05 Å². The van der Waals surface area contributed by atoms with Crippen LogP contribution in [0.15, 0.2) is 12.1 Å². The van der Waals surface area contributed by atoms with Crippen LogP contribution in [0, 0.1) is 32.1 Å². The minimum Gasteiger partial charge on any atom is -0.313 e. The highest BCUT2D eigenvalue weighted by atomic mass is 14.9. The van der Waals surface area contributed by atoms with Crippen LogP contribution in [0.1, 0.15) is 41.1 Å². The summed E-state index contributed by atoms with van der Waals surface area (Å²) in [5.74, 6) is 0. The molecule has 0 saturated carbocycles. The summed E-state index contributed by atoms with van der Waals surface area (Å²) in [7, 11) is 1.96. The molecule has 0 heterocycles. The Bertz CT molecular complexity index is 379. The second kappa shape index (κ2) is 5.67. The molecule has 86 valence electrons. The number of hydrogen-bond donors (Lipinski definition) is 1. The van der Waals surface area contributed by atoms with Crippen molar-refractivity contribution in [1.29, 1.82) is 5.26 Å². The lowest BCUT2D eigenvalue weighted by Gasteiger charge is -2.20. The number of nitrogens with one attached hydrogen (secondary N) is 1. The maximum atomic E-state index is 8.66. The zero-order valence-corrected chi connectivity index (χ0v) is 10.6. The molecule has 1 aromatic carbocycles. The molecule has 1 aromatic rings. The Morgan fingerprint density at radius 1 is 1.25 bits per heavy atom. The van der Waals surface area contributed by atoms with Gasteiger partial charge in [0.25, 0.3) is 0 Å². The van der Waals surface area contributed by atoms with E-state index in [2.05, 4.69) is 44.3 Å². The molecule has 0 amide bonds. The summed E-state index contributed by atoms with van der Waals surface area (Å²) in [6, 6.07) is 6.92. The van der Waals surface area contributed by atoms with E-state index in [1.54, 1.807) is 0 Å². The zero-order chi connectivity index (χ0) is 12.1. The van der Waals surface area contributed by atoms with E-state index >= 15 is 0 Å². The predicted octanol–water partition coefficient (Wildman–Crippen LogP) is 3.18. The van der Waals surface area contributed by atoms with Gasteiger partial charge in [0.2, 0.25) is 0 Å². The highest BCUT2D eigenvalue weighted by molar-refractivity contribution is 5.39. The van der Waals surface area contributed by atoms with E-state index in [-0.39, 0.29) is 0 Å². The zero-order valence-electron chi connectivity index (χ0n) is 10.6. The number of nitrogens with zero attached hydrogens (tertiary/aromatic N) is 1. The van der Waals surface area contributed by atoms with Gasteiger partial charge in [-0.2, -0.15) is 5.26 Å². The summed E-state index contributed by atoms with van der Waals surface area (Å²) in [5.41, 5.74) is 5.28. The molecular weight excluding hydrogens is 196 g/mol. The first-order chi connectivity index (χ1) is 7.60. The highest BCUT2D eigenvalue weighted by Gasteiger charge is 2.14. The number of hydrogen-bond acceptors (Lipinski definition) is 2. The fourth-order valence-electron chi connectivity index (χ4n) is 2.38. The quantitative estimate of drug-likeness (QED) is 0.839.